The van der Waals surface area contributed by atoms with Crippen molar-refractivity contribution in [1.82, 2.24) is 5.32 Å². The van der Waals surface area contributed by atoms with Crippen LogP contribution in [0.1, 0.15) is 38.3 Å². The number of hydrogen-bond acceptors (Lipinski definition) is 2. The summed E-state index contributed by atoms with van der Waals surface area (Å²) in [6, 6.07) is 6.16. The Kier molecular flexibility index (Phi) is 3.72. The highest BCUT2D eigenvalue weighted by molar-refractivity contribution is 6.30. The lowest BCUT2D eigenvalue weighted by molar-refractivity contribution is 0.179. The van der Waals surface area contributed by atoms with E-state index in [4.69, 9.17) is 16.3 Å². The normalized spacial score (nSPS) is 22.9. The molecule has 88 valence electrons. The average molecular weight is 240 g/mol. The third-order valence-corrected chi connectivity index (χ3v) is 3.19. The van der Waals surface area contributed by atoms with E-state index in [0.29, 0.717) is 6.04 Å². The Hall–Kier alpha value is -0.730. The first-order valence-corrected chi connectivity index (χ1v) is 6.33. The fraction of sp³-hybridized carbons (Fsp3) is 0.538. The molecular weight excluding hydrogens is 222 g/mol. The molecule has 1 aromatic rings. The molecule has 0 saturated carbocycles. The highest BCUT2D eigenvalue weighted by atomic mass is 35.5. The molecule has 2 rings (SSSR count). The summed E-state index contributed by atoms with van der Waals surface area (Å²) in [7, 11) is 0. The van der Waals surface area contributed by atoms with E-state index in [0.717, 1.165) is 30.2 Å². The van der Waals surface area contributed by atoms with Crippen molar-refractivity contribution in [2.24, 2.45) is 0 Å². The van der Waals surface area contributed by atoms with Gasteiger partial charge in [0.05, 0.1) is 6.04 Å². The summed E-state index contributed by atoms with van der Waals surface area (Å²) < 4.78 is 5.95. The van der Waals surface area contributed by atoms with Gasteiger partial charge in [-0.05, 0) is 31.2 Å². The molecule has 1 aliphatic rings. The Morgan fingerprint density at radius 2 is 2.19 bits per heavy atom. The minimum Gasteiger partial charge on any atom is -0.488 e. The molecular formula is C13H18ClNO. The van der Waals surface area contributed by atoms with E-state index in [-0.39, 0.29) is 6.10 Å². The second-order valence-electron chi connectivity index (χ2n) is 4.16. The molecule has 3 heteroatoms. The van der Waals surface area contributed by atoms with Gasteiger partial charge in [-0.1, -0.05) is 31.9 Å². The number of likely N-dealkylation sites (N-methyl/N-ethyl adjacent to an activating group) is 1. The van der Waals surface area contributed by atoms with Crippen LogP contribution in [0.25, 0.3) is 0 Å². The van der Waals surface area contributed by atoms with Crippen molar-refractivity contribution < 1.29 is 4.74 Å². The number of rotatable bonds is 4. The molecule has 2 nitrogen and oxygen atoms in total. The summed E-state index contributed by atoms with van der Waals surface area (Å²) in [5.74, 6) is 0.980. The maximum atomic E-state index is 6.03. The molecule has 0 bridgehead atoms. The SMILES string of the molecule is CCCC1Oc2ccc(Cl)cc2C1NCC. The smallest absolute Gasteiger partial charge is 0.124 e. The third-order valence-electron chi connectivity index (χ3n) is 2.95. The van der Waals surface area contributed by atoms with Crippen LogP contribution in [0.2, 0.25) is 5.02 Å². The molecule has 0 fully saturated rings. The fourth-order valence-corrected chi connectivity index (χ4v) is 2.45. The third kappa shape index (κ3) is 2.18. The molecule has 2 unspecified atom stereocenters. The number of benzene rings is 1. The van der Waals surface area contributed by atoms with Crippen molar-refractivity contribution in [2.45, 2.75) is 38.8 Å². The van der Waals surface area contributed by atoms with E-state index in [9.17, 15) is 0 Å². The van der Waals surface area contributed by atoms with Crippen LogP contribution in [0.5, 0.6) is 5.75 Å². The van der Waals surface area contributed by atoms with Crippen LogP contribution >= 0.6 is 11.6 Å². The first-order chi connectivity index (χ1) is 7.76. The fourth-order valence-electron chi connectivity index (χ4n) is 2.27. The lowest BCUT2D eigenvalue weighted by Gasteiger charge is -2.19. The molecule has 1 aromatic carbocycles. The molecule has 0 radical (unpaired) electrons. The van der Waals surface area contributed by atoms with Gasteiger partial charge in [-0.3, -0.25) is 0 Å². The zero-order valence-electron chi connectivity index (χ0n) is 9.79. The van der Waals surface area contributed by atoms with E-state index in [1.54, 1.807) is 0 Å². The Bertz CT molecular complexity index is 367. The van der Waals surface area contributed by atoms with Crippen LogP contribution in [-0.2, 0) is 0 Å². The monoisotopic (exact) mass is 239 g/mol. The van der Waals surface area contributed by atoms with Crippen LogP contribution in [0.3, 0.4) is 0 Å². The molecule has 2 atom stereocenters. The second kappa shape index (κ2) is 5.07. The number of hydrogen-bond donors (Lipinski definition) is 1. The first kappa shape index (κ1) is 11.7. The van der Waals surface area contributed by atoms with Gasteiger partial charge in [0.2, 0.25) is 0 Å². The second-order valence-corrected chi connectivity index (χ2v) is 4.60. The van der Waals surface area contributed by atoms with Crippen molar-refractivity contribution in [3.05, 3.63) is 28.8 Å². The van der Waals surface area contributed by atoms with E-state index in [1.807, 2.05) is 18.2 Å². The maximum Gasteiger partial charge on any atom is 0.124 e. The van der Waals surface area contributed by atoms with Crippen LogP contribution in [0.15, 0.2) is 18.2 Å². The Morgan fingerprint density at radius 3 is 2.88 bits per heavy atom. The van der Waals surface area contributed by atoms with Crippen molar-refractivity contribution in [2.75, 3.05) is 6.54 Å². The van der Waals surface area contributed by atoms with E-state index >= 15 is 0 Å². The average Bonchev–Trinajstić information content (AvgIpc) is 2.58. The number of fused-ring (bicyclic) bond motifs is 1. The molecule has 0 spiro atoms. The van der Waals surface area contributed by atoms with E-state index < -0.39 is 0 Å². The minimum atomic E-state index is 0.249. The van der Waals surface area contributed by atoms with Crippen LogP contribution < -0.4 is 10.1 Å². The summed E-state index contributed by atoms with van der Waals surface area (Å²) in [6.45, 7) is 5.24. The predicted octanol–water partition coefficient (Wildman–Crippen LogP) is 3.55. The van der Waals surface area contributed by atoms with Gasteiger partial charge in [-0.2, -0.15) is 0 Å². The topological polar surface area (TPSA) is 21.3 Å². The maximum absolute atomic E-state index is 6.03. The van der Waals surface area contributed by atoms with Gasteiger partial charge in [0.25, 0.3) is 0 Å². The highest BCUT2D eigenvalue weighted by Crippen LogP contribution is 2.39. The number of ether oxygens (including phenoxy) is 1. The van der Waals surface area contributed by atoms with Gasteiger partial charge in [-0.15, -0.1) is 0 Å². The van der Waals surface area contributed by atoms with Crippen molar-refractivity contribution in [3.8, 4) is 5.75 Å². The summed E-state index contributed by atoms with van der Waals surface area (Å²) in [5.41, 5.74) is 1.20. The van der Waals surface area contributed by atoms with Gasteiger partial charge in [0.1, 0.15) is 11.9 Å². The zero-order chi connectivity index (χ0) is 11.5. The summed E-state index contributed by atoms with van der Waals surface area (Å²) >= 11 is 6.03. The molecule has 0 amide bonds. The number of halogens is 1. The highest BCUT2D eigenvalue weighted by Gasteiger charge is 2.32. The van der Waals surface area contributed by atoms with Gasteiger partial charge < -0.3 is 10.1 Å². The Morgan fingerprint density at radius 1 is 1.38 bits per heavy atom. The van der Waals surface area contributed by atoms with Crippen molar-refractivity contribution in [1.29, 1.82) is 0 Å². The Balaban J connectivity index is 2.26. The Labute approximate surface area is 102 Å². The summed E-state index contributed by atoms with van der Waals surface area (Å²) in [6.07, 6.45) is 2.46. The summed E-state index contributed by atoms with van der Waals surface area (Å²) in [4.78, 5) is 0. The lowest BCUT2D eigenvalue weighted by atomic mass is 10.0. The molecule has 0 aliphatic carbocycles. The summed E-state index contributed by atoms with van der Waals surface area (Å²) in [5, 5.41) is 4.26. The lowest BCUT2D eigenvalue weighted by Crippen LogP contribution is -2.30. The molecule has 1 aliphatic heterocycles. The van der Waals surface area contributed by atoms with Gasteiger partial charge in [0.15, 0.2) is 0 Å². The quantitative estimate of drug-likeness (QED) is 0.868. The molecule has 0 aromatic heterocycles. The standard InChI is InChI=1S/C13H18ClNO/c1-3-5-12-13(15-4-2)10-8-9(14)6-7-11(10)16-12/h6-8,12-13,15H,3-5H2,1-2H3. The van der Waals surface area contributed by atoms with Crippen molar-refractivity contribution >= 4 is 11.6 Å². The minimum absolute atomic E-state index is 0.249. The van der Waals surface area contributed by atoms with Gasteiger partial charge in [-0.25, -0.2) is 0 Å². The largest absolute Gasteiger partial charge is 0.488 e. The molecule has 1 N–H and O–H groups in total. The predicted molar refractivity (Wildman–Crippen MR) is 67.2 cm³/mol. The van der Waals surface area contributed by atoms with E-state index in [1.165, 1.54) is 5.56 Å². The first-order valence-electron chi connectivity index (χ1n) is 5.95. The molecule has 0 saturated heterocycles. The number of nitrogens with one attached hydrogen (secondary N) is 1. The molecule has 16 heavy (non-hydrogen) atoms. The van der Waals surface area contributed by atoms with Gasteiger partial charge in [0, 0.05) is 10.6 Å². The van der Waals surface area contributed by atoms with E-state index in [2.05, 4.69) is 19.2 Å². The zero-order valence-corrected chi connectivity index (χ0v) is 10.6. The molecule has 1 heterocycles. The van der Waals surface area contributed by atoms with Crippen LogP contribution in [0, 0.1) is 0 Å². The van der Waals surface area contributed by atoms with Crippen LogP contribution in [0.4, 0.5) is 0 Å². The van der Waals surface area contributed by atoms with Gasteiger partial charge >= 0.3 is 0 Å². The van der Waals surface area contributed by atoms with Crippen LogP contribution in [-0.4, -0.2) is 12.6 Å². The van der Waals surface area contributed by atoms with Crippen molar-refractivity contribution in [3.63, 3.8) is 0 Å².